The number of carbonyl (C=O) groups is 3. The van der Waals surface area contributed by atoms with E-state index in [2.05, 4.69) is 6.92 Å². The second-order valence-electron chi connectivity index (χ2n) is 13.6. The van der Waals surface area contributed by atoms with E-state index in [1.807, 2.05) is 19.9 Å². The second-order valence-corrected chi connectivity index (χ2v) is 13.6. The van der Waals surface area contributed by atoms with Gasteiger partial charge in [-0.05, 0) is 56.1 Å². The van der Waals surface area contributed by atoms with Crippen LogP contribution < -0.4 is 0 Å². The number of fused-ring (bicyclic) bond motifs is 7. The lowest BCUT2D eigenvalue weighted by Crippen LogP contribution is -2.64. The van der Waals surface area contributed by atoms with Gasteiger partial charge < -0.3 is 44.5 Å². The fourth-order valence-corrected chi connectivity index (χ4v) is 9.46. The molecule has 6 aliphatic rings. The van der Waals surface area contributed by atoms with Gasteiger partial charge in [-0.3, -0.25) is 9.59 Å². The van der Waals surface area contributed by atoms with Crippen molar-refractivity contribution >= 4 is 17.5 Å². The van der Waals surface area contributed by atoms with Crippen LogP contribution in [0.25, 0.3) is 0 Å². The summed E-state index contributed by atoms with van der Waals surface area (Å²) in [7, 11) is 0. The molecule has 0 aromatic heterocycles. The zero-order chi connectivity index (χ0) is 31.1. The number of aliphatic carboxylic acids is 1. The summed E-state index contributed by atoms with van der Waals surface area (Å²) in [5, 5.41) is 51.9. The molecule has 43 heavy (non-hydrogen) atoms. The molecule has 238 valence electrons. The third-order valence-electron chi connectivity index (χ3n) is 11.4. The molecule has 14 atom stereocenters. The number of rotatable bonds is 7. The van der Waals surface area contributed by atoms with Gasteiger partial charge in [0.15, 0.2) is 35.9 Å². The Kier molecular flexibility index (Phi) is 7.78. The van der Waals surface area contributed by atoms with Gasteiger partial charge in [-0.15, -0.1) is 0 Å². The molecule has 12 heteroatoms. The summed E-state index contributed by atoms with van der Waals surface area (Å²) in [6.45, 7) is 5.38. The topological polar surface area (TPSA) is 189 Å². The quantitative estimate of drug-likeness (QED) is 0.272. The van der Waals surface area contributed by atoms with Gasteiger partial charge in [-0.25, -0.2) is 4.79 Å². The Bertz CT molecular complexity index is 1230. The Balaban J connectivity index is 1.29. The van der Waals surface area contributed by atoms with E-state index in [1.54, 1.807) is 12.2 Å². The molecule has 1 unspecified atom stereocenters. The van der Waals surface area contributed by atoms with Crippen LogP contribution in [0.1, 0.15) is 59.3 Å². The first-order valence-electron chi connectivity index (χ1n) is 15.3. The van der Waals surface area contributed by atoms with Crippen LogP contribution in [0.15, 0.2) is 23.8 Å². The third-order valence-corrected chi connectivity index (χ3v) is 11.4. The third kappa shape index (κ3) is 4.44. The molecule has 0 radical (unpaired) electrons. The molecule has 0 aromatic rings. The molecule has 5 fully saturated rings. The lowest BCUT2D eigenvalue weighted by atomic mass is 9.46. The Labute approximate surface area is 249 Å². The van der Waals surface area contributed by atoms with Crippen LogP contribution in [-0.2, 0) is 33.3 Å². The number of carbonyl (C=O) groups excluding carboxylic acids is 2. The van der Waals surface area contributed by atoms with E-state index < -0.39 is 84.0 Å². The summed E-state index contributed by atoms with van der Waals surface area (Å²) in [4.78, 5) is 38.0. The number of Topliss-reactive ketones (excluding diaryl/α,β-unsaturated/α-hetero) is 1. The van der Waals surface area contributed by atoms with Crippen molar-refractivity contribution in [2.45, 2.75) is 114 Å². The monoisotopic (exact) mass is 606 g/mol. The van der Waals surface area contributed by atoms with Crippen molar-refractivity contribution in [3.05, 3.63) is 23.8 Å². The minimum Gasteiger partial charge on any atom is -0.479 e. The highest BCUT2D eigenvalue weighted by atomic mass is 16.7. The molecule has 2 saturated heterocycles. The summed E-state index contributed by atoms with van der Waals surface area (Å²) >= 11 is 0. The zero-order valence-corrected chi connectivity index (χ0v) is 24.6. The Morgan fingerprint density at radius 1 is 1.09 bits per heavy atom. The molecule has 0 spiro atoms. The number of carboxylic acids is 1. The number of carboxylic acid groups (broad SMARTS) is 1. The maximum atomic E-state index is 14.3. The molecular weight excluding hydrogens is 564 g/mol. The number of aliphatic hydroxyl groups is 4. The standard InChI is InChI=1S/C31H42O12/c1-4-5-21-41-20-11-17-16-7-6-14-10-15(32)8-9-29(14,2)22(16)18(33)12-30(17,3)31(20,43-21)19(34)13-40-28-25(37)23(35)24(36)26(42-28)27(38)39/h8-10,16-18,20-26,28,33,35-37H,4-7,11-13H2,1-3H3,(H,38,39)/t16-,17-,18-,20+,21?,22+,23-,24-,25+,26-,28+,29-,30-,31+/m0/s1. The number of aliphatic hydroxyl groups excluding tert-OH is 4. The van der Waals surface area contributed by atoms with Crippen LogP contribution in [0.2, 0.25) is 0 Å². The van der Waals surface area contributed by atoms with E-state index in [1.165, 1.54) is 0 Å². The van der Waals surface area contributed by atoms with Gasteiger partial charge in [0.2, 0.25) is 0 Å². The number of allylic oxidation sites excluding steroid dienone is 4. The fraction of sp³-hybridized carbons (Fsp3) is 0.774. The number of ketones is 2. The van der Waals surface area contributed by atoms with Gasteiger partial charge in [0, 0.05) is 16.7 Å². The lowest BCUT2D eigenvalue weighted by molar-refractivity contribution is -0.293. The lowest BCUT2D eigenvalue weighted by Gasteiger charge is -2.59. The van der Waals surface area contributed by atoms with Crippen molar-refractivity contribution in [2.24, 2.45) is 28.6 Å². The van der Waals surface area contributed by atoms with E-state index in [0.717, 1.165) is 18.4 Å². The molecule has 12 nitrogen and oxygen atoms in total. The van der Waals surface area contributed by atoms with Crippen molar-refractivity contribution in [3.63, 3.8) is 0 Å². The molecule has 0 aromatic carbocycles. The van der Waals surface area contributed by atoms with Crippen LogP contribution in [-0.4, -0.2) is 104 Å². The molecule has 5 N–H and O–H groups in total. The summed E-state index contributed by atoms with van der Waals surface area (Å²) in [6.07, 6.45) is -2.43. The molecule has 3 saturated carbocycles. The molecule has 2 heterocycles. The first-order valence-corrected chi connectivity index (χ1v) is 15.3. The normalized spacial score (nSPS) is 50.3. The SMILES string of the molecule is CCCC1O[C@@H]2C[C@H]3[C@@H]4CCC5=CC(=O)C=C[C@]5(C)[C@H]4[C@@H](O)C[C@]3(C)[C@]2(C(=O)CO[C@@H]2O[C@H](C(=O)O)[C@@H](O)[C@H](O)[C@H]2O)O1. The second kappa shape index (κ2) is 10.8. The van der Waals surface area contributed by atoms with Crippen LogP contribution in [0, 0.1) is 28.6 Å². The molecule has 6 rings (SSSR count). The molecule has 4 aliphatic carbocycles. The van der Waals surface area contributed by atoms with E-state index in [9.17, 15) is 39.9 Å². The van der Waals surface area contributed by atoms with Gasteiger partial charge >= 0.3 is 5.97 Å². The van der Waals surface area contributed by atoms with Crippen molar-refractivity contribution in [2.75, 3.05) is 6.61 Å². The smallest absolute Gasteiger partial charge is 0.335 e. The minimum atomic E-state index is -1.89. The average Bonchev–Trinajstić information content (AvgIpc) is 3.43. The molecule has 0 bridgehead atoms. The Hall–Kier alpha value is -2.03. The number of hydrogen-bond donors (Lipinski definition) is 5. The van der Waals surface area contributed by atoms with Crippen LogP contribution in [0.4, 0.5) is 0 Å². The first-order chi connectivity index (χ1) is 20.3. The fourth-order valence-electron chi connectivity index (χ4n) is 9.46. The van der Waals surface area contributed by atoms with Crippen LogP contribution >= 0.6 is 0 Å². The molecular formula is C31H42O12. The predicted octanol–water partition coefficient (Wildman–Crippen LogP) is 0.633. The first kappa shape index (κ1) is 31.0. The van der Waals surface area contributed by atoms with Gasteiger partial charge in [0.1, 0.15) is 24.9 Å². The van der Waals surface area contributed by atoms with Crippen molar-refractivity contribution in [1.82, 2.24) is 0 Å². The van der Waals surface area contributed by atoms with Gasteiger partial charge in [0.25, 0.3) is 0 Å². The number of ether oxygens (including phenoxy) is 4. The summed E-state index contributed by atoms with van der Waals surface area (Å²) in [5.41, 5.74) is -1.79. The van der Waals surface area contributed by atoms with Crippen LogP contribution in [0.3, 0.4) is 0 Å². The average molecular weight is 607 g/mol. The van der Waals surface area contributed by atoms with E-state index in [4.69, 9.17) is 18.9 Å². The summed E-state index contributed by atoms with van der Waals surface area (Å²) in [6, 6.07) is 0. The molecule has 2 aliphatic heterocycles. The predicted molar refractivity (Wildman–Crippen MR) is 146 cm³/mol. The van der Waals surface area contributed by atoms with Gasteiger partial charge in [-0.1, -0.05) is 38.8 Å². The highest BCUT2D eigenvalue weighted by Crippen LogP contribution is 2.69. The number of hydrogen-bond acceptors (Lipinski definition) is 11. The zero-order valence-electron chi connectivity index (χ0n) is 24.6. The van der Waals surface area contributed by atoms with Gasteiger partial charge in [0.05, 0.1) is 12.2 Å². The summed E-state index contributed by atoms with van der Waals surface area (Å²) in [5.74, 6) is -2.27. The highest BCUT2D eigenvalue weighted by molar-refractivity contribution is 6.01. The Morgan fingerprint density at radius 3 is 2.53 bits per heavy atom. The van der Waals surface area contributed by atoms with E-state index in [0.29, 0.717) is 19.3 Å². The van der Waals surface area contributed by atoms with Gasteiger partial charge in [-0.2, -0.15) is 0 Å². The van der Waals surface area contributed by atoms with Crippen molar-refractivity contribution in [3.8, 4) is 0 Å². The van der Waals surface area contributed by atoms with Crippen molar-refractivity contribution < 1.29 is 58.9 Å². The van der Waals surface area contributed by atoms with E-state index >= 15 is 0 Å². The largest absolute Gasteiger partial charge is 0.479 e. The van der Waals surface area contributed by atoms with Crippen molar-refractivity contribution in [1.29, 1.82) is 0 Å². The Morgan fingerprint density at radius 2 is 1.84 bits per heavy atom. The maximum Gasteiger partial charge on any atom is 0.335 e. The molecule has 0 amide bonds. The maximum absolute atomic E-state index is 14.3. The highest BCUT2D eigenvalue weighted by Gasteiger charge is 2.75. The van der Waals surface area contributed by atoms with E-state index in [-0.39, 0.29) is 30.0 Å². The van der Waals surface area contributed by atoms with Crippen LogP contribution in [0.5, 0.6) is 0 Å². The summed E-state index contributed by atoms with van der Waals surface area (Å²) < 4.78 is 23.8. The minimum absolute atomic E-state index is 0.0261.